The van der Waals surface area contributed by atoms with Crippen LogP contribution in [0, 0.1) is 0 Å². The van der Waals surface area contributed by atoms with Gasteiger partial charge in [0.2, 0.25) is 5.91 Å². The Bertz CT molecular complexity index is 634. The fourth-order valence-corrected chi connectivity index (χ4v) is 3.71. The quantitative estimate of drug-likeness (QED) is 0.916. The van der Waals surface area contributed by atoms with Crippen molar-refractivity contribution in [3.05, 3.63) is 46.7 Å². The van der Waals surface area contributed by atoms with Crippen LogP contribution in [0.15, 0.2) is 41.8 Å². The fourth-order valence-electron chi connectivity index (χ4n) is 2.96. The molecule has 1 N–H and O–H groups in total. The number of anilines is 1. The number of phenols is 1. The molecule has 1 aliphatic heterocycles. The molecule has 122 valence electrons. The van der Waals surface area contributed by atoms with E-state index in [0.29, 0.717) is 12.2 Å². The molecule has 0 atom stereocenters. The summed E-state index contributed by atoms with van der Waals surface area (Å²) >= 11 is 1.75. The van der Waals surface area contributed by atoms with Gasteiger partial charge in [-0.1, -0.05) is 18.2 Å². The van der Waals surface area contributed by atoms with E-state index in [-0.39, 0.29) is 5.91 Å². The van der Waals surface area contributed by atoms with Gasteiger partial charge in [0.15, 0.2) is 0 Å². The zero-order chi connectivity index (χ0) is 16.1. The van der Waals surface area contributed by atoms with Gasteiger partial charge in [0.1, 0.15) is 5.75 Å². The zero-order valence-corrected chi connectivity index (χ0v) is 14.0. The van der Waals surface area contributed by atoms with Gasteiger partial charge >= 0.3 is 0 Å². The van der Waals surface area contributed by atoms with Crippen LogP contribution < -0.4 is 4.90 Å². The van der Waals surface area contributed by atoms with Crippen molar-refractivity contribution >= 4 is 22.9 Å². The number of piperazine rings is 1. The molecule has 5 heteroatoms. The topological polar surface area (TPSA) is 43.8 Å². The van der Waals surface area contributed by atoms with Crippen molar-refractivity contribution in [2.24, 2.45) is 0 Å². The van der Waals surface area contributed by atoms with Crippen LogP contribution in [0.1, 0.15) is 17.7 Å². The first-order valence-electron chi connectivity index (χ1n) is 8.07. The van der Waals surface area contributed by atoms with Gasteiger partial charge in [-0.05, 0) is 36.4 Å². The number of rotatable bonds is 5. The third kappa shape index (κ3) is 4.05. The number of carbonyl (C=O) groups excluding carboxylic acids is 1. The maximum atomic E-state index is 12.3. The number of phenolic OH excluding ortho intramolecular Hbond substituents is 1. The normalized spacial score (nSPS) is 15.0. The summed E-state index contributed by atoms with van der Waals surface area (Å²) in [6.07, 6.45) is 2.52. The lowest BCUT2D eigenvalue weighted by atomic mass is 10.1. The van der Waals surface area contributed by atoms with Gasteiger partial charge in [-0.15, -0.1) is 11.3 Å². The van der Waals surface area contributed by atoms with Crippen LogP contribution in [0.4, 0.5) is 5.69 Å². The molecule has 1 amide bonds. The van der Waals surface area contributed by atoms with Gasteiger partial charge in [-0.3, -0.25) is 4.79 Å². The molecule has 2 aromatic rings. The molecule has 1 saturated heterocycles. The Morgan fingerprint density at radius 3 is 2.57 bits per heavy atom. The highest BCUT2D eigenvalue weighted by Crippen LogP contribution is 2.27. The summed E-state index contributed by atoms with van der Waals surface area (Å²) in [5, 5.41) is 12.0. The molecule has 0 bridgehead atoms. The van der Waals surface area contributed by atoms with Gasteiger partial charge in [-0.25, -0.2) is 0 Å². The van der Waals surface area contributed by atoms with Crippen molar-refractivity contribution in [3.8, 4) is 5.75 Å². The van der Waals surface area contributed by atoms with Gasteiger partial charge in [0.25, 0.3) is 0 Å². The van der Waals surface area contributed by atoms with Crippen molar-refractivity contribution < 1.29 is 9.90 Å². The number of thiophene rings is 1. The van der Waals surface area contributed by atoms with Crippen LogP contribution in [0.3, 0.4) is 0 Å². The van der Waals surface area contributed by atoms with Gasteiger partial charge in [-0.2, -0.15) is 0 Å². The van der Waals surface area contributed by atoms with Crippen LogP contribution in [0.25, 0.3) is 0 Å². The Labute approximate surface area is 141 Å². The Morgan fingerprint density at radius 1 is 1.09 bits per heavy atom. The lowest BCUT2D eigenvalue weighted by Gasteiger charge is -2.36. The second kappa shape index (κ2) is 7.51. The maximum absolute atomic E-state index is 12.3. The predicted molar refractivity (Wildman–Crippen MR) is 94.2 cm³/mol. The molecule has 0 aliphatic carbocycles. The highest BCUT2D eigenvalue weighted by molar-refractivity contribution is 7.09. The summed E-state index contributed by atoms with van der Waals surface area (Å²) in [4.78, 5) is 17.7. The number of nitrogens with zero attached hydrogens (tertiary/aromatic N) is 2. The van der Waals surface area contributed by atoms with Crippen LogP contribution in [0.2, 0.25) is 0 Å². The first-order valence-corrected chi connectivity index (χ1v) is 8.95. The first kappa shape index (κ1) is 15.9. The summed E-state index contributed by atoms with van der Waals surface area (Å²) < 4.78 is 0. The monoisotopic (exact) mass is 330 g/mol. The van der Waals surface area contributed by atoms with Crippen LogP contribution in [-0.4, -0.2) is 42.1 Å². The molecule has 1 aromatic carbocycles. The largest absolute Gasteiger partial charge is 0.506 e. The van der Waals surface area contributed by atoms with E-state index in [2.05, 4.69) is 22.4 Å². The Kier molecular flexibility index (Phi) is 5.18. The summed E-state index contributed by atoms with van der Waals surface area (Å²) in [5.41, 5.74) is 0.859. The number of hydrogen-bond acceptors (Lipinski definition) is 4. The van der Waals surface area contributed by atoms with E-state index < -0.39 is 0 Å². The third-order valence-corrected chi connectivity index (χ3v) is 5.18. The number of para-hydroxylation sites is 2. The molecular weight excluding hydrogens is 308 g/mol. The Morgan fingerprint density at radius 2 is 1.87 bits per heavy atom. The van der Waals surface area contributed by atoms with Crippen molar-refractivity contribution in [1.29, 1.82) is 0 Å². The number of carbonyl (C=O) groups is 1. The summed E-state index contributed by atoms with van der Waals surface area (Å²) in [6.45, 7) is 3.00. The molecule has 1 fully saturated rings. The van der Waals surface area contributed by atoms with Crippen molar-refractivity contribution in [3.63, 3.8) is 0 Å². The van der Waals surface area contributed by atoms with Gasteiger partial charge < -0.3 is 14.9 Å². The summed E-state index contributed by atoms with van der Waals surface area (Å²) in [5.74, 6) is 0.557. The Balaban J connectivity index is 1.45. The standard InChI is InChI=1S/C18H22N2O2S/c21-17-8-2-1-7-16(17)19-10-12-20(13-11-19)18(22)9-3-5-15-6-4-14-23-15/h1-2,4,6-8,14,21H,3,5,9-13H2. The number of aromatic hydroxyl groups is 1. The van der Waals surface area contributed by atoms with E-state index in [1.165, 1.54) is 4.88 Å². The highest BCUT2D eigenvalue weighted by Gasteiger charge is 2.22. The minimum Gasteiger partial charge on any atom is -0.506 e. The lowest BCUT2D eigenvalue weighted by Crippen LogP contribution is -2.48. The van der Waals surface area contributed by atoms with E-state index in [9.17, 15) is 9.90 Å². The molecule has 0 spiro atoms. The molecule has 0 radical (unpaired) electrons. The van der Waals surface area contributed by atoms with Crippen molar-refractivity contribution in [2.45, 2.75) is 19.3 Å². The highest BCUT2D eigenvalue weighted by atomic mass is 32.1. The average Bonchev–Trinajstić information content (AvgIpc) is 3.09. The maximum Gasteiger partial charge on any atom is 0.222 e. The summed E-state index contributed by atoms with van der Waals surface area (Å²) in [7, 11) is 0. The van der Waals surface area contributed by atoms with E-state index in [1.54, 1.807) is 17.4 Å². The fraction of sp³-hybridized carbons (Fsp3) is 0.389. The SMILES string of the molecule is O=C(CCCc1cccs1)N1CCN(c2ccccc2O)CC1. The second-order valence-corrected chi connectivity index (χ2v) is 6.82. The number of amides is 1. The average molecular weight is 330 g/mol. The number of benzene rings is 1. The minimum absolute atomic E-state index is 0.249. The van der Waals surface area contributed by atoms with E-state index in [0.717, 1.165) is 44.7 Å². The van der Waals surface area contributed by atoms with Gasteiger partial charge in [0, 0.05) is 37.5 Å². The first-order chi connectivity index (χ1) is 11.2. The van der Waals surface area contributed by atoms with E-state index >= 15 is 0 Å². The molecule has 23 heavy (non-hydrogen) atoms. The lowest BCUT2D eigenvalue weighted by molar-refractivity contribution is -0.131. The molecular formula is C18H22N2O2S. The minimum atomic E-state index is 0.249. The predicted octanol–water partition coefficient (Wildman–Crippen LogP) is 3.13. The van der Waals surface area contributed by atoms with E-state index in [1.807, 2.05) is 23.1 Å². The molecule has 2 heterocycles. The zero-order valence-electron chi connectivity index (χ0n) is 13.1. The third-order valence-electron chi connectivity index (χ3n) is 4.25. The number of aryl methyl sites for hydroxylation is 1. The van der Waals surface area contributed by atoms with Crippen LogP contribution in [0.5, 0.6) is 5.75 Å². The number of hydrogen-bond donors (Lipinski definition) is 1. The van der Waals surface area contributed by atoms with Crippen molar-refractivity contribution in [1.82, 2.24) is 4.90 Å². The molecule has 3 rings (SSSR count). The summed E-state index contributed by atoms with van der Waals surface area (Å²) in [6, 6.07) is 11.6. The van der Waals surface area contributed by atoms with E-state index in [4.69, 9.17) is 0 Å². The molecule has 1 aliphatic rings. The Hall–Kier alpha value is -2.01. The molecule has 4 nitrogen and oxygen atoms in total. The molecule has 1 aromatic heterocycles. The smallest absolute Gasteiger partial charge is 0.222 e. The molecule has 0 saturated carbocycles. The van der Waals surface area contributed by atoms with Gasteiger partial charge in [0.05, 0.1) is 5.69 Å². The molecule has 0 unspecified atom stereocenters. The second-order valence-electron chi connectivity index (χ2n) is 5.79. The van der Waals surface area contributed by atoms with Crippen LogP contribution in [-0.2, 0) is 11.2 Å². The van der Waals surface area contributed by atoms with Crippen LogP contribution >= 0.6 is 11.3 Å². The van der Waals surface area contributed by atoms with Crippen molar-refractivity contribution in [2.75, 3.05) is 31.1 Å².